The third-order valence-corrected chi connectivity index (χ3v) is 3.64. The number of methoxy groups -OCH3 is 1. The van der Waals surface area contributed by atoms with Gasteiger partial charge in [-0.1, -0.05) is 13.8 Å². The molecular formula is C15H22O2S. The third-order valence-electron chi connectivity index (χ3n) is 3.03. The van der Waals surface area contributed by atoms with Crippen molar-refractivity contribution in [3.05, 3.63) is 28.8 Å². The van der Waals surface area contributed by atoms with Gasteiger partial charge >= 0.3 is 0 Å². The van der Waals surface area contributed by atoms with Crippen LogP contribution in [-0.4, -0.2) is 24.9 Å². The zero-order valence-electron chi connectivity index (χ0n) is 11.9. The van der Waals surface area contributed by atoms with E-state index in [-0.39, 0.29) is 5.78 Å². The van der Waals surface area contributed by atoms with Crippen molar-refractivity contribution < 1.29 is 9.53 Å². The molecule has 0 heterocycles. The number of Topliss-reactive ketones (excluding diaryl/α,β-unsaturated/α-hetero) is 1. The van der Waals surface area contributed by atoms with Crippen LogP contribution >= 0.6 is 11.8 Å². The summed E-state index contributed by atoms with van der Waals surface area (Å²) in [7, 11) is 1.68. The molecule has 100 valence electrons. The van der Waals surface area contributed by atoms with E-state index in [9.17, 15) is 4.79 Å². The Labute approximate surface area is 114 Å². The Morgan fingerprint density at radius 1 is 1.39 bits per heavy atom. The van der Waals surface area contributed by atoms with Gasteiger partial charge in [0.15, 0.2) is 5.78 Å². The van der Waals surface area contributed by atoms with Gasteiger partial charge in [0, 0.05) is 17.7 Å². The molecule has 0 saturated carbocycles. The number of hydrogen-bond donors (Lipinski definition) is 0. The number of carbonyl (C=O) groups is 1. The average molecular weight is 266 g/mol. The largest absolute Gasteiger partial charge is 0.496 e. The minimum Gasteiger partial charge on any atom is -0.496 e. The second-order valence-electron chi connectivity index (χ2n) is 4.73. The highest BCUT2D eigenvalue weighted by Gasteiger charge is 2.15. The van der Waals surface area contributed by atoms with Crippen molar-refractivity contribution >= 4 is 17.5 Å². The third kappa shape index (κ3) is 3.52. The molecular weight excluding hydrogens is 244 g/mol. The van der Waals surface area contributed by atoms with Crippen LogP contribution in [0.25, 0.3) is 0 Å². The van der Waals surface area contributed by atoms with E-state index in [0.29, 0.717) is 12.3 Å². The van der Waals surface area contributed by atoms with Crippen molar-refractivity contribution in [3.8, 4) is 5.75 Å². The standard InChI is InChI=1S/C15H22O2S/c1-10(2)12-9-13(14(16)6-7-18-5)11(3)8-15(12)17-4/h8-10H,6-7H2,1-5H3. The van der Waals surface area contributed by atoms with Crippen LogP contribution in [0.15, 0.2) is 12.1 Å². The summed E-state index contributed by atoms with van der Waals surface area (Å²) >= 11 is 1.70. The summed E-state index contributed by atoms with van der Waals surface area (Å²) in [6.07, 6.45) is 2.62. The Balaban J connectivity index is 3.13. The molecule has 0 N–H and O–H groups in total. The van der Waals surface area contributed by atoms with Crippen LogP contribution in [0.1, 0.15) is 47.7 Å². The van der Waals surface area contributed by atoms with Crippen molar-refractivity contribution in [2.45, 2.75) is 33.1 Å². The molecule has 0 aliphatic rings. The van der Waals surface area contributed by atoms with Crippen LogP contribution in [0, 0.1) is 6.92 Å². The summed E-state index contributed by atoms with van der Waals surface area (Å²) in [4.78, 5) is 12.1. The van der Waals surface area contributed by atoms with E-state index in [1.54, 1.807) is 18.9 Å². The first-order chi connectivity index (χ1) is 8.51. The fourth-order valence-electron chi connectivity index (χ4n) is 1.96. The van der Waals surface area contributed by atoms with Gasteiger partial charge in [0.2, 0.25) is 0 Å². The van der Waals surface area contributed by atoms with E-state index in [2.05, 4.69) is 13.8 Å². The van der Waals surface area contributed by atoms with Crippen molar-refractivity contribution in [2.75, 3.05) is 19.1 Å². The number of ketones is 1. The van der Waals surface area contributed by atoms with E-state index in [4.69, 9.17) is 4.74 Å². The maximum atomic E-state index is 12.1. The maximum absolute atomic E-state index is 12.1. The Morgan fingerprint density at radius 3 is 2.56 bits per heavy atom. The van der Waals surface area contributed by atoms with Crippen LogP contribution in [0.5, 0.6) is 5.75 Å². The lowest BCUT2D eigenvalue weighted by atomic mass is 9.94. The smallest absolute Gasteiger partial charge is 0.163 e. The topological polar surface area (TPSA) is 26.3 Å². The lowest BCUT2D eigenvalue weighted by Crippen LogP contribution is -2.06. The molecule has 0 aromatic heterocycles. The quantitative estimate of drug-likeness (QED) is 0.726. The molecule has 0 fully saturated rings. The van der Waals surface area contributed by atoms with Crippen molar-refractivity contribution in [1.82, 2.24) is 0 Å². The van der Waals surface area contributed by atoms with Crippen molar-refractivity contribution in [2.24, 2.45) is 0 Å². The van der Waals surface area contributed by atoms with Crippen LogP contribution in [-0.2, 0) is 0 Å². The molecule has 0 atom stereocenters. The molecule has 0 aliphatic carbocycles. The number of aryl methyl sites for hydroxylation is 1. The Kier molecular flexibility index (Phi) is 5.73. The van der Waals surface area contributed by atoms with Crippen molar-refractivity contribution in [3.63, 3.8) is 0 Å². The average Bonchev–Trinajstić information content (AvgIpc) is 2.34. The van der Waals surface area contributed by atoms with Gasteiger partial charge in [-0.25, -0.2) is 0 Å². The number of ether oxygens (including phenoxy) is 1. The van der Waals surface area contributed by atoms with Gasteiger partial charge in [-0.15, -0.1) is 0 Å². The summed E-state index contributed by atoms with van der Waals surface area (Å²) in [5.74, 6) is 2.34. The fraction of sp³-hybridized carbons (Fsp3) is 0.533. The second kappa shape index (κ2) is 6.83. The molecule has 0 bridgehead atoms. The number of rotatable bonds is 6. The van der Waals surface area contributed by atoms with Crippen LogP contribution < -0.4 is 4.74 Å². The highest BCUT2D eigenvalue weighted by Crippen LogP contribution is 2.30. The summed E-state index contributed by atoms with van der Waals surface area (Å²) in [6.45, 7) is 6.20. The Bertz CT molecular complexity index is 425. The molecule has 3 heteroatoms. The first-order valence-corrected chi connectivity index (χ1v) is 7.61. The van der Waals surface area contributed by atoms with E-state index < -0.39 is 0 Å². The Hall–Kier alpha value is -0.960. The van der Waals surface area contributed by atoms with Gasteiger partial charge in [0.1, 0.15) is 5.75 Å². The van der Waals surface area contributed by atoms with Crippen molar-refractivity contribution in [1.29, 1.82) is 0 Å². The number of hydrogen-bond acceptors (Lipinski definition) is 3. The molecule has 1 aromatic rings. The van der Waals surface area contributed by atoms with E-state index in [0.717, 1.165) is 28.2 Å². The molecule has 18 heavy (non-hydrogen) atoms. The highest BCUT2D eigenvalue weighted by atomic mass is 32.2. The number of thioether (sulfide) groups is 1. The van der Waals surface area contributed by atoms with Crippen LogP contribution in [0.3, 0.4) is 0 Å². The van der Waals surface area contributed by atoms with Gasteiger partial charge < -0.3 is 4.74 Å². The van der Waals surface area contributed by atoms with E-state index in [1.165, 1.54) is 0 Å². The molecule has 0 radical (unpaired) electrons. The zero-order valence-corrected chi connectivity index (χ0v) is 12.7. The van der Waals surface area contributed by atoms with Gasteiger partial charge in [-0.2, -0.15) is 11.8 Å². The van der Waals surface area contributed by atoms with Crippen LogP contribution in [0.4, 0.5) is 0 Å². The van der Waals surface area contributed by atoms with Gasteiger partial charge in [0.25, 0.3) is 0 Å². The first-order valence-electron chi connectivity index (χ1n) is 6.22. The summed E-state index contributed by atoms with van der Waals surface area (Å²) in [6, 6.07) is 3.98. The maximum Gasteiger partial charge on any atom is 0.163 e. The number of benzene rings is 1. The normalized spacial score (nSPS) is 10.8. The lowest BCUT2D eigenvalue weighted by molar-refractivity contribution is 0.0989. The van der Waals surface area contributed by atoms with E-state index in [1.807, 2.05) is 25.3 Å². The minimum atomic E-state index is 0.228. The molecule has 0 unspecified atom stereocenters. The van der Waals surface area contributed by atoms with E-state index >= 15 is 0 Å². The Morgan fingerprint density at radius 2 is 2.06 bits per heavy atom. The SMILES string of the molecule is COc1cc(C)c(C(=O)CCSC)cc1C(C)C. The lowest BCUT2D eigenvalue weighted by Gasteiger charge is -2.15. The minimum absolute atomic E-state index is 0.228. The molecule has 2 nitrogen and oxygen atoms in total. The number of carbonyl (C=O) groups excluding carboxylic acids is 1. The highest BCUT2D eigenvalue weighted by molar-refractivity contribution is 7.98. The molecule has 1 aromatic carbocycles. The van der Waals surface area contributed by atoms with Crippen LogP contribution in [0.2, 0.25) is 0 Å². The fourth-order valence-corrected chi connectivity index (χ4v) is 2.35. The summed E-state index contributed by atoms with van der Waals surface area (Å²) < 4.78 is 5.39. The molecule has 1 rings (SSSR count). The van der Waals surface area contributed by atoms with Gasteiger partial charge in [-0.05, 0) is 42.4 Å². The second-order valence-corrected chi connectivity index (χ2v) is 5.72. The zero-order chi connectivity index (χ0) is 13.7. The monoisotopic (exact) mass is 266 g/mol. The summed E-state index contributed by atoms with van der Waals surface area (Å²) in [5.41, 5.74) is 2.95. The van der Waals surface area contributed by atoms with Gasteiger partial charge in [0.05, 0.1) is 7.11 Å². The molecule has 0 aliphatic heterocycles. The molecule has 0 saturated heterocycles. The predicted octanol–water partition coefficient (Wildman–Crippen LogP) is 4.06. The van der Waals surface area contributed by atoms with Gasteiger partial charge in [-0.3, -0.25) is 4.79 Å². The molecule has 0 amide bonds. The predicted molar refractivity (Wildman–Crippen MR) is 79.1 cm³/mol. The molecule has 0 spiro atoms. The summed E-state index contributed by atoms with van der Waals surface area (Å²) in [5, 5.41) is 0. The first kappa shape index (κ1) is 15.1.